The summed E-state index contributed by atoms with van der Waals surface area (Å²) in [5.41, 5.74) is 0.289. The topological polar surface area (TPSA) is 72.8 Å². The largest absolute Gasteiger partial charge is 0.461 e. The Balaban J connectivity index is 1.86. The molecule has 1 unspecified atom stereocenters. The minimum Gasteiger partial charge on any atom is -0.461 e. The molecule has 0 saturated heterocycles. The van der Waals surface area contributed by atoms with E-state index in [2.05, 4.69) is 27.7 Å². The Kier molecular flexibility index (Phi) is 6.82. The first-order valence-electron chi connectivity index (χ1n) is 11.9. The first-order chi connectivity index (χ1) is 14.3. The van der Waals surface area contributed by atoms with Crippen molar-refractivity contribution in [1.29, 1.82) is 0 Å². The molecule has 0 spiro atoms. The van der Waals surface area contributed by atoms with Crippen LogP contribution in [-0.2, 0) is 19.1 Å². The van der Waals surface area contributed by atoms with Crippen molar-refractivity contribution in [2.24, 2.45) is 34.0 Å². The van der Waals surface area contributed by atoms with E-state index in [9.17, 15) is 14.7 Å². The van der Waals surface area contributed by atoms with Crippen LogP contribution in [0.1, 0.15) is 86.5 Å². The number of esters is 2. The SMILES string of the molecule is CC(=O)O[C@@H](CO)COC(=O)C1[C@@](C)(Cl)CC[C@H]2[C@]3(C)CCCC(C)(C)[C@H]3CC[C@]12C. The Morgan fingerprint density at radius 2 is 1.65 bits per heavy atom. The number of aliphatic hydroxyl groups is 1. The molecule has 3 aliphatic carbocycles. The van der Waals surface area contributed by atoms with Crippen molar-refractivity contribution < 1.29 is 24.2 Å². The number of rotatable bonds is 5. The number of aliphatic hydroxyl groups excluding tert-OH is 1. The molecule has 0 bridgehead atoms. The first-order valence-corrected chi connectivity index (χ1v) is 12.3. The number of ether oxygens (including phenoxy) is 2. The van der Waals surface area contributed by atoms with Crippen LogP contribution in [0.5, 0.6) is 0 Å². The number of alkyl halides is 1. The average Bonchev–Trinajstić information content (AvgIpc) is 2.62. The number of halogens is 1. The van der Waals surface area contributed by atoms with Gasteiger partial charge < -0.3 is 14.6 Å². The Morgan fingerprint density at radius 3 is 2.26 bits per heavy atom. The van der Waals surface area contributed by atoms with Gasteiger partial charge in [0.25, 0.3) is 0 Å². The fourth-order valence-electron chi connectivity index (χ4n) is 8.08. The van der Waals surface area contributed by atoms with E-state index in [1.807, 2.05) is 6.92 Å². The van der Waals surface area contributed by atoms with E-state index in [1.165, 1.54) is 26.2 Å². The third-order valence-corrected chi connectivity index (χ3v) is 9.61. The number of fused-ring (bicyclic) bond motifs is 3. The Hall–Kier alpha value is -0.810. The van der Waals surface area contributed by atoms with E-state index in [4.69, 9.17) is 21.1 Å². The normalized spacial score (nSPS) is 42.6. The Morgan fingerprint density at radius 1 is 1.00 bits per heavy atom. The van der Waals surface area contributed by atoms with Crippen molar-refractivity contribution in [1.82, 2.24) is 0 Å². The van der Waals surface area contributed by atoms with Gasteiger partial charge in [-0.15, -0.1) is 11.6 Å². The van der Waals surface area contributed by atoms with Crippen molar-refractivity contribution in [2.45, 2.75) is 97.5 Å². The molecule has 0 aromatic carbocycles. The molecule has 0 aromatic heterocycles. The number of carbonyl (C=O) groups excluding carboxylic acids is 2. The molecule has 0 heterocycles. The van der Waals surface area contributed by atoms with Crippen LogP contribution in [0.2, 0.25) is 0 Å². The van der Waals surface area contributed by atoms with Gasteiger partial charge in [0.1, 0.15) is 6.61 Å². The summed E-state index contributed by atoms with van der Waals surface area (Å²) in [5.74, 6) is -0.184. The van der Waals surface area contributed by atoms with Gasteiger partial charge in [0.05, 0.1) is 17.4 Å². The third kappa shape index (κ3) is 4.38. The average molecular weight is 457 g/mol. The highest BCUT2D eigenvalue weighted by molar-refractivity contribution is 6.25. The predicted octanol–water partition coefficient (Wildman–Crippen LogP) is 5.11. The van der Waals surface area contributed by atoms with Gasteiger partial charge in [0.15, 0.2) is 6.10 Å². The Labute approximate surface area is 192 Å². The third-order valence-electron chi connectivity index (χ3n) is 9.21. The lowest BCUT2D eigenvalue weighted by atomic mass is 9.38. The minimum atomic E-state index is -0.845. The molecule has 3 fully saturated rings. The van der Waals surface area contributed by atoms with Crippen LogP contribution in [0.3, 0.4) is 0 Å². The molecular formula is C25H41ClO5. The maximum absolute atomic E-state index is 13.4. The molecule has 0 aliphatic heterocycles. The van der Waals surface area contributed by atoms with E-state index < -0.39 is 22.9 Å². The highest BCUT2D eigenvalue weighted by atomic mass is 35.5. The summed E-state index contributed by atoms with van der Waals surface area (Å²) in [6, 6.07) is 0. The summed E-state index contributed by atoms with van der Waals surface area (Å²) in [7, 11) is 0. The number of hydrogen-bond acceptors (Lipinski definition) is 5. The van der Waals surface area contributed by atoms with Crippen LogP contribution in [-0.4, -0.2) is 41.2 Å². The molecule has 6 heteroatoms. The highest BCUT2D eigenvalue weighted by Gasteiger charge is 2.65. The summed E-state index contributed by atoms with van der Waals surface area (Å²) >= 11 is 7.02. The quantitative estimate of drug-likeness (QED) is 0.459. The zero-order valence-corrected chi connectivity index (χ0v) is 20.9. The molecule has 7 atom stereocenters. The van der Waals surface area contributed by atoms with Gasteiger partial charge in [-0.25, -0.2) is 0 Å². The van der Waals surface area contributed by atoms with Crippen LogP contribution < -0.4 is 0 Å². The van der Waals surface area contributed by atoms with Crippen molar-refractivity contribution in [2.75, 3.05) is 13.2 Å². The van der Waals surface area contributed by atoms with E-state index in [1.54, 1.807) is 0 Å². The molecule has 3 rings (SSSR count). The second-order valence-corrected chi connectivity index (χ2v) is 12.7. The monoisotopic (exact) mass is 456 g/mol. The van der Waals surface area contributed by atoms with E-state index in [-0.39, 0.29) is 30.0 Å². The zero-order chi connectivity index (χ0) is 23.2. The van der Waals surface area contributed by atoms with Crippen molar-refractivity contribution in [3.63, 3.8) is 0 Å². The summed E-state index contributed by atoms with van der Waals surface area (Å²) in [5, 5.41) is 9.46. The fraction of sp³-hybridized carbons (Fsp3) is 0.920. The van der Waals surface area contributed by atoms with Crippen LogP contribution in [0.4, 0.5) is 0 Å². The Bertz CT molecular complexity index is 704. The van der Waals surface area contributed by atoms with Gasteiger partial charge in [-0.05, 0) is 73.5 Å². The molecule has 0 aromatic rings. The molecule has 178 valence electrons. The molecule has 0 amide bonds. The molecule has 3 saturated carbocycles. The summed E-state index contributed by atoms with van der Waals surface area (Å²) in [6.45, 7) is 12.3. The lowest BCUT2D eigenvalue weighted by molar-refractivity contribution is -0.192. The maximum Gasteiger partial charge on any atom is 0.311 e. The van der Waals surface area contributed by atoms with Crippen LogP contribution in [0.15, 0.2) is 0 Å². The first kappa shape index (κ1) is 24.8. The van der Waals surface area contributed by atoms with Gasteiger partial charge in [-0.2, -0.15) is 0 Å². The fourth-order valence-corrected chi connectivity index (χ4v) is 8.53. The van der Waals surface area contributed by atoms with Gasteiger partial charge in [-0.1, -0.05) is 34.1 Å². The minimum absolute atomic E-state index is 0.147. The molecule has 31 heavy (non-hydrogen) atoms. The summed E-state index contributed by atoms with van der Waals surface area (Å²) in [6.07, 6.45) is 6.77. The molecule has 0 radical (unpaired) electrons. The lowest BCUT2D eigenvalue weighted by Crippen LogP contribution is -2.63. The molecular weight excluding hydrogens is 416 g/mol. The second kappa shape index (κ2) is 8.52. The van der Waals surface area contributed by atoms with Crippen molar-refractivity contribution in [3.8, 4) is 0 Å². The van der Waals surface area contributed by atoms with Crippen molar-refractivity contribution >= 4 is 23.5 Å². The molecule has 5 nitrogen and oxygen atoms in total. The summed E-state index contributed by atoms with van der Waals surface area (Å²) < 4.78 is 10.7. The number of carbonyl (C=O) groups is 2. The standard InChI is InChI=1S/C25H41ClO5/c1-16(28)31-17(14-27)15-30-21(29)20-24(5)12-8-18-22(2,3)10-7-11-23(18,4)19(24)9-13-25(20,6)26/h17-20,27H,7-15H2,1-6H3/t17-,18+,19-,20?,23+,24-,25-/m0/s1. The lowest BCUT2D eigenvalue weighted by Gasteiger charge is -2.66. The maximum atomic E-state index is 13.4. The van der Waals surface area contributed by atoms with Crippen molar-refractivity contribution in [3.05, 3.63) is 0 Å². The predicted molar refractivity (Wildman–Crippen MR) is 121 cm³/mol. The summed E-state index contributed by atoms with van der Waals surface area (Å²) in [4.78, 5) is 24.0. The van der Waals surface area contributed by atoms with Crippen LogP contribution in [0, 0.1) is 34.0 Å². The molecule has 1 N–H and O–H groups in total. The van der Waals surface area contributed by atoms with Gasteiger partial charge in [-0.3, -0.25) is 9.59 Å². The van der Waals surface area contributed by atoms with Gasteiger partial charge in [0.2, 0.25) is 0 Å². The number of hydrogen-bond donors (Lipinski definition) is 1. The molecule has 3 aliphatic rings. The van der Waals surface area contributed by atoms with Crippen LogP contribution >= 0.6 is 11.6 Å². The van der Waals surface area contributed by atoms with Gasteiger partial charge >= 0.3 is 11.9 Å². The van der Waals surface area contributed by atoms with E-state index in [0.717, 1.165) is 25.7 Å². The van der Waals surface area contributed by atoms with Gasteiger partial charge in [0, 0.05) is 6.92 Å². The van der Waals surface area contributed by atoms with E-state index >= 15 is 0 Å². The smallest absolute Gasteiger partial charge is 0.311 e. The highest BCUT2D eigenvalue weighted by Crippen LogP contribution is 2.70. The second-order valence-electron chi connectivity index (χ2n) is 11.8. The van der Waals surface area contributed by atoms with Crippen LogP contribution in [0.25, 0.3) is 0 Å². The zero-order valence-electron chi connectivity index (χ0n) is 20.1. The van der Waals surface area contributed by atoms with E-state index in [0.29, 0.717) is 17.3 Å².